The lowest BCUT2D eigenvalue weighted by Gasteiger charge is -2.21. The number of benzene rings is 1. The van der Waals surface area contributed by atoms with Crippen molar-refractivity contribution < 1.29 is 14.0 Å². The second kappa shape index (κ2) is 8.68. The molecule has 0 fully saturated rings. The van der Waals surface area contributed by atoms with Crippen molar-refractivity contribution in [3.8, 4) is 0 Å². The second-order valence-corrected chi connectivity index (χ2v) is 7.43. The zero-order valence-electron chi connectivity index (χ0n) is 15.9. The Labute approximate surface area is 167 Å². The van der Waals surface area contributed by atoms with Crippen molar-refractivity contribution in [3.63, 3.8) is 0 Å². The summed E-state index contributed by atoms with van der Waals surface area (Å²) in [5.74, 6) is 0.419. The fourth-order valence-electron chi connectivity index (χ4n) is 3.13. The van der Waals surface area contributed by atoms with Crippen LogP contribution in [0.1, 0.15) is 35.9 Å². The molecule has 1 aliphatic rings. The number of amides is 2. The van der Waals surface area contributed by atoms with Crippen LogP contribution in [-0.2, 0) is 24.2 Å². The highest BCUT2D eigenvalue weighted by Gasteiger charge is 2.25. The van der Waals surface area contributed by atoms with E-state index in [-0.39, 0.29) is 22.4 Å². The number of halogens is 2. The van der Waals surface area contributed by atoms with Gasteiger partial charge in [0.25, 0.3) is 5.91 Å². The van der Waals surface area contributed by atoms with Crippen molar-refractivity contribution in [3.05, 3.63) is 46.3 Å². The van der Waals surface area contributed by atoms with Crippen molar-refractivity contribution in [1.82, 2.24) is 25.0 Å². The van der Waals surface area contributed by atoms with Crippen molar-refractivity contribution >= 4 is 23.4 Å². The van der Waals surface area contributed by atoms with Crippen LogP contribution in [0.3, 0.4) is 0 Å². The first kappa shape index (κ1) is 20.3. The summed E-state index contributed by atoms with van der Waals surface area (Å²) in [6.45, 7) is 5.47. The quantitative estimate of drug-likeness (QED) is 0.823. The molecule has 0 aliphatic carbocycles. The minimum absolute atomic E-state index is 0.00542. The molecule has 3 rings (SSSR count). The maximum absolute atomic E-state index is 14.1. The summed E-state index contributed by atoms with van der Waals surface area (Å²) in [6.07, 6.45) is 1.07. The van der Waals surface area contributed by atoms with Gasteiger partial charge in [0.2, 0.25) is 5.91 Å². The molecule has 1 N–H and O–H groups in total. The van der Waals surface area contributed by atoms with Crippen molar-refractivity contribution in [2.24, 2.45) is 5.92 Å². The Hall–Kier alpha value is -2.48. The van der Waals surface area contributed by atoms with Gasteiger partial charge >= 0.3 is 0 Å². The van der Waals surface area contributed by atoms with Crippen LogP contribution in [0.4, 0.5) is 4.39 Å². The molecule has 0 unspecified atom stereocenters. The number of nitrogens with one attached hydrogen (secondary N) is 1. The van der Waals surface area contributed by atoms with Crippen LogP contribution in [-0.4, -0.2) is 51.1 Å². The van der Waals surface area contributed by atoms with E-state index in [0.717, 1.165) is 11.6 Å². The average Bonchev–Trinajstić information content (AvgIpc) is 2.90. The number of carbonyl (C=O) groups is 2. The number of hydrogen-bond acceptors (Lipinski definition) is 4. The van der Waals surface area contributed by atoms with Gasteiger partial charge in [-0.25, -0.2) is 4.39 Å². The molecule has 0 saturated carbocycles. The summed E-state index contributed by atoms with van der Waals surface area (Å²) in [6, 6.07) is 4.21. The first-order chi connectivity index (χ1) is 13.4. The Morgan fingerprint density at radius 3 is 2.75 bits per heavy atom. The zero-order valence-corrected chi connectivity index (χ0v) is 16.7. The molecule has 0 spiro atoms. The molecule has 0 saturated heterocycles. The summed E-state index contributed by atoms with van der Waals surface area (Å²) >= 11 is 6.03. The lowest BCUT2D eigenvalue weighted by molar-refractivity contribution is -0.123. The van der Waals surface area contributed by atoms with E-state index in [1.54, 1.807) is 4.90 Å². The van der Waals surface area contributed by atoms with Gasteiger partial charge in [0.15, 0.2) is 0 Å². The minimum atomic E-state index is -0.622. The topological polar surface area (TPSA) is 80.1 Å². The van der Waals surface area contributed by atoms with E-state index in [0.29, 0.717) is 39.0 Å². The molecule has 1 aromatic carbocycles. The summed E-state index contributed by atoms with van der Waals surface area (Å²) < 4.78 is 16.1. The van der Waals surface area contributed by atoms with E-state index in [9.17, 15) is 14.0 Å². The number of hydrogen-bond donors (Lipinski definition) is 1. The molecule has 28 heavy (non-hydrogen) atoms. The molecule has 150 valence electrons. The van der Waals surface area contributed by atoms with Crippen molar-refractivity contribution in [2.75, 3.05) is 19.6 Å². The highest BCUT2D eigenvalue weighted by molar-refractivity contribution is 6.33. The van der Waals surface area contributed by atoms with Gasteiger partial charge in [0, 0.05) is 44.9 Å². The van der Waals surface area contributed by atoms with Crippen LogP contribution in [0.5, 0.6) is 0 Å². The second-order valence-electron chi connectivity index (χ2n) is 7.02. The van der Waals surface area contributed by atoms with Crippen LogP contribution in [0.2, 0.25) is 5.02 Å². The van der Waals surface area contributed by atoms with Gasteiger partial charge < -0.3 is 14.8 Å². The Bertz CT molecular complexity index is 863. The third-order valence-corrected chi connectivity index (χ3v) is 5.05. The highest BCUT2D eigenvalue weighted by Crippen LogP contribution is 2.22. The fourth-order valence-corrected chi connectivity index (χ4v) is 3.38. The highest BCUT2D eigenvalue weighted by atomic mass is 35.5. The fraction of sp³-hybridized carbons (Fsp3) is 0.474. The molecule has 0 radical (unpaired) electrons. The smallest absolute Gasteiger partial charge is 0.258 e. The van der Waals surface area contributed by atoms with Crippen LogP contribution in [0.15, 0.2) is 18.2 Å². The molecule has 2 amide bonds. The number of rotatable bonds is 5. The maximum Gasteiger partial charge on any atom is 0.258 e. The van der Waals surface area contributed by atoms with Crippen molar-refractivity contribution in [2.45, 2.75) is 33.2 Å². The zero-order chi connectivity index (χ0) is 20.3. The van der Waals surface area contributed by atoms with E-state index in [1.807, 2.05) is 18.4 Å². The molecule has 1 aromatic heterocycles. The van der Waals surface area contributed by atoms with Crippen LogP contribution < -0.4 is 5.32 Å². The van der Waals surface area contributed by atoms with Crippen LogP contribution in [0.25, 0.3) is 0 Å². The van der Waals surface area contributed by atoms with Gasteiger partial charge in [-0.3, -0.25) is 9.59 Å². The molecule has 0 atom stereocenters. The van der Waals surface area contributed by atoms with E-state index >= 15 is 0 Å². The normalized spacial score (nSPS) is 14.0. The summed E-state index contributed by atoms with van der Waals surface area (Å²) in [4.78, 5) is 26.0. The molecular weight excluding hydrogens is 385 g/mol. The lowest BCUT2D eigenvalue weighted by atomic mass is 10.1. The lowest BCUT2D eigenvalue weighted by Crippen LogP contribution is -2.34. The van der Waals surface area contributed by atoms with E-state index < -0.39 is 11.7 Å². The minimum Gasteiger partial charge on any atom is -0.355 e. The van der Waals surface area contributed by atoms with Gasteiger partial charge in [-0.2, -0.15) is 0 Å². The Balaban J connectivity index is 1.66. The Morgan fingerprint density at radius 2 is 2.04 bits per heavy atom. The average molecular weight is 408 g/mol. The summed E-state index contributed by atoms with van der Waals surface area (Å²) in [7, 11) is 0. The van der Waals surface area contributed by atoms with Crippen LogP contribution in [0, 0.1) is 11.7 Å². The van der Waals surface area contributed by atoms with Crippen LogP contribution >= 0.6 is 11.6 Å². The number of carbonyl (C=O) groups excluding carboxylic acids is 2. The predicted octanol–water partition coefficient (Wildman–Crippen LogP) is 2.08. The van der Waals surface area contributed by atoms with Crippen molar-refractivity contribution in [1.29, 1.82) is 0 Å². The number of aromatic nitrogens is 3. The van der Waals surface area contributed by atoms with E-state index in [4.69, 9.17) is 11.6 Å². The van der Waals surface area contributed by atoms with Gasteiger partial charge in [0.1, 0.15) is 17.5 Å². The maximum atomic E-state index is 14.1. The standard InChI is InChI=1S/C19H23ClFN5O2/c1-12(2)18(27)22-8-6-15-23-24-16-7-9-25(10-11-26(15)16)19(28)17-13(20)4-3-5-14(17)21/h3-5,12H,6-11H2,1-2H3,(H,22,27). The first-order valence-corrected chi connectivity index (χ1v) is 9.68. The largest absolute Gasteiger partial charge is 0.355 e. The van der Waals surface area contributed by atoms with Gasteiger partial charge in [-0.15, -0.1) is 10.2 Å². The Kier molecular flexibility index (Phi) is 6.28. The molecular formula is C19H23ClFN5O2. The molecule has 2 aromatic rings. The number of fused-ring (bicyclic) bond motifs is 1. The molecule has 1 aliphatic heterocycles. The third kappa shape index (κ3) is 4.32. The van der Waals surface area contributed by atoms with Gasteiger partial charge in [-0.1, -0.05) is 31.5 Å². The van der Waals surface area contributed by atoms with E-state index in [2.05, 4.69) is 15.5 Å². The monoisotopic (exact) mass is 407 g/mol. The Morgan fingerprint density at radius 1 is 1.25 bits per heavy atom. The third-order valence-electron chi connectivity index (χ3n) is 4.74. The summed E-state index contributed by atoms with van der Waals surface area (Å²) in [5, 5.41) is 11.4. The SMILES string of the molecule is CC(C)C(=O)NCCc1nnc2n1CCN(C(=O)c1c(F)cccc1Cl)CC2. The van der Waals surface area contributed by atoms with E-state index in [1.165, 1.54) is 18.2 Å². The molecule has 9 heteroatoms. The van der Waals surface area contributed by atoms with Gasteiger partial charge in [-0.05, 0) is 12.1 Å². The first-order valence-electron chi connectivity index (χ1n) is 9.30. The molecule has 2 heterocycles. The molecule has 0 bridgehead atoms. The summed E-state index contributed by atoms with van der Waals surface area (Å²) in [5.41, 5.74) is -0.0987. The molecule has 7 nitrogen and oxygen atoms in total. The predicted molar refractivity (Wildman–Crippen MR) is 103 cm³/mol. The number of nitrogens with zero attached hydrogens (tertiary/aromatic N) is 4. The van der Waals surface area contributed by atoms with Gasteiger partial charge in [0.05, 0.1) is 10.6 Å².